The van der Waals surface area contributed by atoms with Crippen LogP contribution < -0.4 is 5.32 Å². The van der Waals surface area contributed by atoms with E-state index >= 15 is 0 Å². The molecule has 0 aromatic heterocycles. The van der Waals surface area contributed by atoms with Crippen molar-refractivity contribution >= 4 is 0 Å². The second-order valence-electron chi connectivity index (χ2n) is 5.48. The molecule has 0 amide bonds. The van der Waals surface area contributed by atoms with Gasteiger partial charge in [0.25, 0.3) is 0 Å². The van der Waals surface area contributed by atoms with Crippen molar-refractivity contribution in [2.75, 3.05) is 13.2 Å². The number of hydrogen-bond donors (Lipinski definition) is 1. The van der Waals surface area contributed by atoms with Crippen LogP contribution in [0.5, 0.6) is 0 Å². The number of ether oxygens (including phenoxy) is 1. The van der Waals surface area contributed by atoms with Crippen molar-refractivity contribution in [2.24, 2.45) is 0 Å². The lowest BCUT2D eigenvalue weighted by Crippen LogP contribution is -2.24. The monoisotopic (exact) mass is 283 g/mol. The van der Waals surface area contributed by atoms with E-state index in [1.165, 1.54) is 11.1 Å². The fourth-order valence-electron chi connectivity index (χ4n) is 2.36. The molecule has 2 nitrogen and oxygen atoms in total. The van der Waals surface area contributed by atoms with Gasteiger partial charge in [-0.15, -0.1) is 0 Å². The molecule has 0 aliphatic rings. The standard InChI is InChI=1S/C19H25NO/c1-16(2)21-15-9-14-20-19(17-10-5-3-6-11-17)18-12-7-4-8-13-18/h3-8,10-13,16,19-20H,9,14-15H2,1-2H3. The van der Waals surface area contributed by atoms with Gasteiger partial charge in [0, 0.05) is 6.61 Å². The molecule has 21 heavy (non-hydrogen) atoms. The fourth-order valence-corrected chi connectivity index (χ4v) is 2.36. The van der Waals surface area contributed by atoms with Crippen LogP contribution in [0.2, 0.25) is 0 Å². The van der Waals surface area contributed by atoms with Crippen molar-refractivity contribution in [2.45, 2.75) is 32.4 Å². The van der Waals surface area contributed by atoms with Gasteiger partial charge in [0.15, 0.2) is 0 Å². The Hall–Kier alpha value is -1.64. The summed E-state index contributed by atoms with van der Waals surface area (Å²) < 4.78 is 5.60. The molecule has 0 unspecified atom stereocenters. The summed E-state index contributed by atoms with van der Waals surface area (Å²) in [4.78, 5) is 0. The van der Waals surface area contributed by atoms with Crippen LogP contribution in [-0.2, 0) is 4.74 Å². The summed E-state index contributed by atoms with van der Waals surface area (Å²) >= 11 is 0. The molecule has 0 heterocycles. The number of rotatable bonds is 8. The van der Waals surface area contributed by atoms with E-state index in [0.717, 1.165) is 19.6 Å². The first-order valence-electron chi connectivity index (χ1n) is 7.72. The van der Waals surface area contributed by atoms with Gasteiger partial charge in [-0.05, 0) is 37.9 Å². The minimum absolute atomic E-state index is 0.242. The second kappa shape index (κ2) is 8.60. The predicted molar refractivity (Wildman–Crippen MR) is 88.4 cm³/mol. The molecular weight excluding hydrogens is 258 g/mol. The number of nitrogens with one attached hydrogen (secondary N) is 1. The molecule has 0 radical (unpaired) electrons. The lowest BCUT2D eigenvalue weighted by molar-refractivity contribution is 0.0768. The van der Waals surface area contributed by atoms with Gasteiger partial charge in [0.1, 0.15) is 0 Å². The van der Waals surface area contributed by atoms with E-state index in [0.29, 0.717) is 6.10 Å². The van der Waals surface area contributed by atoms with Crippen LogP contribution in [0.3, 0.4) is 0 Å². The smallest absolute Gasteiger partial charge is 0.0576 e. The van der Waals surface area contributed by atoms with Gasteiger partial charge in [-0.25, -0.2) is 0 Å². The van der Waals surface area contributed by atoms with Crippen molar-refractivity contribution in [3.8, 4) is 0 Å². The zero-order valence-electron chi connectivity index (χ0n) is 13.0. The maximum atomic E-state index is 5.60. The topological polar surface area (TPSA) is 21.3 Å². The highest BCUT2D eigenvalue weighted by Crippen LogP contribution is 2.21. The Labute approximate surface area is 128 Å². The minimum atomic E-state index is 0.242. The second-order valence-corrected chi connectivity index (χ2v) is 5.48. The van der Waals surface area contributed by atoms with Crippen LogP contribution in [0.15, 0.2) is 60.7 Å². The molecule has 0 saturated heterocycles. The third-order valence-corrected chi connectivity index (χ3v) is 3.39. The Balaban J connectivity index is 1.97. The molecule has 112 valence electrons. The lowest BCUT2D eigenvalue weighted by atomic mass is 9.99. The zero-order valence-corrected chi connectivity index (χ0v) is 13.0. The molecule has 0 aliphatic carbocycles. The van der Waals surface area contributed by atoms with Crippen molar-refractivity contribution in [3.63, 3.8) is 0 Å². The maximum Gasteiger partial charge on any atom is 0.0576 e. The third-order valence-electron chi connectivity index (χ3n) is 3.39. The Bertz CT molecular complexity index is 456. The van der Waals surface area contributed by atoms with Gasteiger partial charge in [-0.2, -0.15) is 0 Å². The van der Waals surface area contributed by atoms with E-state index in [9.17, 15) is 0 Å². The molecule has 0 atom stereocenters. The normalized spacial score (nSPS) is 11.2. The molecule has 2 aromatic carbocycles. The van der Waals surface area contributed by atoms with E-state index in [1.807, 2.05) is 0 Å². The van der Waals surface area contributed by atoms with E-state index in [1.54, 1.807) is 0 Å². The van der Waals surface area contributed by atoms with Crippen LogP contribution in [0.25, 0.3) is 0 Å². The molecule has 2 rings (SSSR count). The molecule has 2 aromatic rings. The van der Waals surface area contributed by atoms with Crippen LogP contribution in [0, 0.1) is 0 Å². The van der Waals surface area contributed by atoms with Crippen LogP contribution in [-0.4, -0.2) is 19.3 Å². The lowest BCUT2D eigenvalue weighted by Gasteiger charge is -2.20. The van der Waals surface area contributed by atoms with E-state index in [-0.39, 0.29) is 6.04 Å². The largest absolute Gasteiger partial charge is 0.379 e. The zero-order chi connectivity index (χ0) is 14.9. The predicted octanol–water partition coefficient (Wildman–Crippen LogP) is 4.18. The minimum Gasteiger partial charge on any atom is -0.379 e. The molecule has 2 heteroatoms. The van der Waals surface area contributed by atoms with Crippen molar-refractivity contribution in [1.29, 1.82) is 0 Å². The molecule has 1 N–H and O–H groups in total. The summed E-state index contributed by atoms with van der Waals surface area (Å²) in [5.41, 5.74) is 2.60. The first-order valence-corrected chi connectivity index (χ1v) is 7.72. The molecule has 0 saturated carbocycles. The van der Waals surface area contributed by atoms with E-state index in [4.69, 9.17) is 4.74 Å². The summed E-state index contributed by atoms with van der Waals surface area (Å²) in [7, 11) is 0. The Morgan fingerprint density at radius 2 is 1.38 bits per heavy atom. The van der Waals surface area contributed by atoms with Crippen LogP contribution >= 0.6 is 0 Å². The highest BCUT2D eigenvalue weighted by Gasteiger charge is 2.12. The van der Waals surface area contributed by atoms with Crippen molar-refractivity contribution < 1.29 is 4.74 Å². The highest BCUT2D eigenvalue weighted by molar-refractivity contribution is 5.31. The maximum absolute atomic E-state index is 5.60. The van der Waals surface area contributed by atoms with Crippen molar-refractivity contribution in [3.05, 3.63) is 71.8 Å². The summed E-state index contributed by atoms with van der Waals surface area (Å²) in [5, 5.41) is 3.65. The van der Waals surface area contributed by atoms with Crippen LogP contribution in [0.4, 0.5) is 0 Å². The average Bonchev–Trinajstić information content (AvgIpc) is 2.52. The van der Waals surface area contributed by atoms with Gasteiger partial charge in [0.2, 0.25) is 0 Å². The van der Waals surface area contributed by atoms with E-state index in [2.05, 4.69) is 79.8 Å². The highest BCUT2D eigenvalue weighted by atomic mass is 16.5. The first kappa shape index (κ1) is 15.7. The molecular formula is C19H25NO. The number of hydrogen-bond acceptors (Lipinski definition) is 2. The van der Waals surface area contributed by atoms with Gasteiger partial charge >= 0.3 is 0 Å². The average molecular weight is 283 g/mol. The Morgan fingerprint density at radius 1 is 0.857 bits per heavy atom. The van der Waals surface area contributed by atoms with Gasteiger partial charge < -0.3 is 10.1 Å². The van der Waals surface area contributed by atoms with Crippen molar-refractivity contribution in [1.82, 2.24) is 5.32 Å². The molecule has 0 aliphatic heterocycles. The summed E-state index contributed by atoms with van der Waals surface area (Å²) in [6.45, 7) is 5.90. The van der Waals surface area contributed by atoms with Gasteiger partial charge in [0.05, 0.1) is 12.1 Å². The molecule has 0 bridgehead atoms. The summed E-state index contributed by atoms with van der Waals surface area (Å²) in [5.74, 6) is 0. The SMILES string of the molecule is CC(C)OCCCNC(c1ccccc1)c1ccccc1. The van der Waals surface area contributed by atoms with Gasteiger partial charge in [-0.3, -0.25) is 0 Å². The molecule has 0 spiro atoms. The Kier molecular flexibility index (Phi) is 6.45. The summed E-state index contributed by atoms with van der Waals surface area (Å²) in [6, 6.07) is 21.4. The third kappa shape index (κ3) is 5.33. The number of benzene rings is 2. The Morgan fingerprint density at radius 3 is 1.86 bits per heavy atom. The van der Waals surface area contributed by atoms with Gasteiger partial charge in [-0.1, -0.05) is 60.7 Å². The first-order chi connectivity index (χ1) is 10.3. The van der Waals surface area contributed by atoms with Crippen LogP contribution in [0.1, 0.15) is 37.4 Å². The quantitative estimate of drug-likeness (QED) is 0.734. The molecule has 0 fully saturated rings. The summed E-state index contributed by atoms with van der Waals surface area (Å²) in [6.07, 6.45) is 1.33. The van der Waals surface area contributed by atoms with E-state index < -0.39 is 0 Å². The fraction of sp³-hybridized carbons (Fsp3) is 0.368.